The second-order valence-electron chi connectivity index (χ2n) is 5.79. The van der Waals surface area contributed by atoms with Gasteiger partial charge in [0.1, 0.15) is 5.69 Å². The van der Waals surface area contributed by atoms with Crippen molar-refractivity contribution in [1.29, 1.82) is 0 Å². The summed E-state index contributed by atoms with van der Waals surface area (Å²) in [6, 6.07) is 0. The van der Waals surface area contributed by atoms with E-state index in [4.69, 9.17) is 4.74 Å². The van der Waals surface area contributed by atoms with Gasteiger partial charge < -0.3 is 19.3 Å². The Morgan fingerprint density at radius 2 is 2.25 bits per heavy atom. The number of carbonyl (C=O) groups excluding carboxylic acids is 1. The van der Waals surface area contributed by atoms with Gasteiger partial charge in [-0.25, -0.2) is 4.98 Å². The van der Waals surface area contributed by atoms with Crippen molar-refractivity contribution in [3.05, 3.63) is 18.2 Å². The molecule has 1 atom stereocenters. The van der Waals surface area contributed by atoms with Gasteiger partial charge >= 0.3 is 0 Å². The van der Waals surface area contributed by atoms with E-state index >= 15 is 0 Å². The van der Waals surface area contributed by atoms with E-state index in [2.05, 4.69) is 4.98 Å². The maximum Gasteiger partial charge on any atom is 0.274 e. The Labute approximate surface area is 118 Å². The van der Waals surface area contributed by atoms with Crippen molar-refractivity contribution in [3.8, 4) is 0 Å². The number of hydrogen-bond acceptors (Lipinski definition) is 4. The average Bonchev–Trinajstić information content (AvgIpc) is 2.89. The zero-order valence-corrected chi connectivity index (χ0v) is 11.8. The fourth-order valence-electron chi connectivity index (χ4n) is 3.16. The van der Waals surface area contributed by atoms with Crippen LogP contribution in [-0.4, -0.2) is 56.9 Å². The lowest BCUT2D eigenvalue weighted by atomic mass is 9.82. The summed E-state index contributed by atoms with van der Waals surface area (Å²) in [6.45, 7) is 1.95. The summed E-state index contributed by atoms with van der Waals surface area (Å²) in [5.74, 6) is -0.0363. The minimum Gasteiger partial charge on any atom is -0.390 e. The Hall–Kier alpha value is -1.40. The van der Waals surface area contributed by atoms with Crippen LogP contribution in [0.5, 0.6) is 0 Å². The van der Waals surface area contributed by atoms with Crippen LogP contribution >= 0.6 is 0 Å². The molecular formula is C14H21N3O3. The Bertz CT molecular complexity index is 492. The first kappa shape index (κ1) is 13.6. The molecule has 0 aliphatic carbocycles. The third-order valence-electron chi connectivity index (χ3n) is 4.44. The predicted octanol–water partition coefficient (Wildman–Crippen LogP) is 0.566. The molecule has 3 heterocycles. The summed E-state index contributed by atoms with van der Waals surface area (Å²) in [6.07, 6.45) is 6.08. The highest BCUT2D eigenvalue weighted by molar-refractivity contribution is 5.92. The topological polar surface area (TPSA) is 67.6 Å². The largest absolute Gasteiger partial charge is 0.390 e. The lowest BCUT2D eigenvalue weighted by Gasteiger charge is -2.46. The fraction of sp³-hybridized carbons (Fsp3) is 0.714. The van der Waals surface area contributed by atoms with E-state index in [9.17, 15) is 9.90 Å². The maximum atomic E-state index is 12.3. The number of ether oxygens (including phenoxy) is 1. The second-order valence-corrected chi connectivity index (χ2v) is 5.79. The highest BCUT2D eigenvalue weighted by Crippen LogP contribution is 2.35. The van der Waals surface area contributed by atoms with Gasteiger partial charge in [-0.15, -0.1) is 0 Å². The van der Waals surface area contributed by atoms with Crippen LogP contribution in [0.15, 0.2) is 12.5 Å². The van der Waals surface area contributed by atoms with Gasteiger partial charge in [0.2, 0.25) is 0 Å². The molecule has 0 aromatic carbocycles. The maximum absolute atomic E-state index is 12.3. The second kappa shape index (κ2) is 5.18. The summed E-state index contributed by atoms with van der Waals surface area (Å²) in [5, 5.41) is 10.2. The molecule has 2 fully saturated rings. The Kier molecular flexibility index (Phi) is 3.52. The molecule has 0 bridgehead atoms. The molecule has 110 valence electrons. The molecule has 1 amide bonds. The first-order chi connectivity index (χ1) is 9.61. The van der Waals surface area contributed by atoms with Crippen LogP contribution in [0.2, 0.25) is 0 Å². The van der Waals surface area contributed by atoms with Crippen molar-refractivity contribution < 1.29 is 14.6 Å². The molecule has 6 nitrogen and oxygen atoms in total. The highest BCUT2D eigenvalue weighted by Gasteiger charge is 2.44. The number of likely N-dealkylation sites (tertiary alicyclic amines) is 1. The van der Waals surface area contributed by atoms with Gasteiger partial charge in [-0.2, -0.15) is 0 Å². The third kappa shape index (κ3) is 2.33. The minimum absolute atomic E-state index is 0.0363. The molecule has 2 aliphatic rings. The van der Waals surface area contributed by atoms with Crippen molar-refractivity contribution in [2.24, 2.45) is 7.05 Å². The van der Waals surface area contributed by atoms with Crippen LogP contribution in [0, 0.1) is 0 Å². The normalized spacial score (nSPS) is 25.9. The molecule has 1 aromatic rings. The van der Waals surface area contributed by atoms with E-state index in [1.165, 1.54) is 0 Å². The SMILES string of the molecule is Cn1cnc(C(=O)N2CCC3(CC2)OCCC[C@H]3O)c1. The molecule has 2 saturated heterocycles. The predicted molar refractivity (Wildman–Crippen MR) is 72.3 cm³/mol. The van der Waals surface area contributed by atoms with E-state index in [0.29, 0.717) is 38.2 Å². The van der Waals surface area contributed by atoms with E-state index in [-0.39, 0.29) is 5.91 Å². The number of hydrogen-bond donors (Lipinski definition) is 1. The zero-order valence-electron chi connectivity index (χ0n) is 11.8. The van der Waals surface area contributed by atoms with Gasteiger partial charge in [-0.05, 0) is 25.7 Å². The van der Waals surface area contributed by atoms with Gasteiger partial charge in [-0.1, -0.05) is 0 Å². The molecule has 3 rings (SSSR count). The summed E-state index contributed by atoms with van der Waals surface area (Å²) < 4.78 is 7.62. The molecule has 1 spiro atoms. The molecule has 0 unspecified atom stereocenters. The van der Waals surface area contributed by atoms with Crippen LogP contribution in [0.25, 0.3) is 0 Å². The van der Waals surface area contributed by atoms with Gasteiger partial charge in [-0.3, -0.25) is 4.79 Å². The summed E-state index contributed by atoms with van der Waals surface area (Å²) in [5.41, 5.74) is 0.0487. The summed E-state index contributed by atoms with van der Waals surface area (Å²) in [7, 11) is 1.85. The molecule has 6 heteroatoms. The van der Waals surface area contributed by atoms with Crippen LogP contribution in [0.3, 0.4) is 0 Å². The van der Waals surface area contributed by atoms with Gasteiger partial charge in [0.25, 0.3) is 5.91 Å². The number of aliphatic hydroxyl groups excluding tert-OH is 1. The fourth-order valence-corrected chi connectivity index (χ4v) is 3.16. The summed E-state index contributed by atoms with van der Waals surface area (Å²) in [4.78, 5) is 18.2. The van der Waals surface area contributed by atoms with Gasteiger partial charge in [0, 0.05) is 32.9 Å². The number of aromatic nitrogens is 2. The van der Waals surface area contributed by atoms with Crippen LogP contribution in [0.4, 0.5) is 0 Å². The van der Waals surface area contributed by atoms with Crippen molar-refractivity contribution in [2.75, 3.05) is 19.7 Å². The number of aliphatic hydroxyl groups is 1. The first-order valence-electron chi connectivity index (χ1n) is 7.20. The molecule has 1 aromatic heterocycles. The number of imidazole rings is 1. The summed E-state index contributed by atoms with van der Waals surface area (Å²) >= 11 is 0. The lowest BCUT2D eigenvalue weighted by Crippen LogP contribution is -2.56. The smallest absolute Gasteiger partial charge is 0.274 e. The molecule has 1 N–H and O–H groups in total. The average molecular weight is 279 g/mol. The number of amides is 1. The number of piperidine rings is 1. The quantitative estimate of drug-likeness (QED) is 0.816. The van der Waals surface area contributed by atoms with Crippen molar-refractivity contribution in [3.63, 3.8) is 0 Å². The molecular weight excluding hydrogens is 258 g/mol. The standard InChI is InChI=1S/C14H21N3O3/c1-16-9-11(15-10-16)13(19)17-6-4-14(5-7-17)12(18)3-2-8-20-14/h9-10,12,18H,2-8H2,1H3/t12-/m1/s1. The van der Waals surface area contributed by atoms with E-state index in [0.717, 1.165) is 12.8 Å². The number of aryl methyl sites for hydroxylation is 1. The first-order valence-corrected chi connectivity index (χ1v) is 7.20. The van der Waals surface area contributed by atoms with E-state index in [1.54, 1.807) is 22.0 Å². The van der Waals surface area contributed by atoms with Crippen molar-refractivity contribution in [1.82, 2.24) is 14.5 Å². The monoisotopic (exact) mass is 279 g/mol. The Morgan fingerprint density at radius 3 is 2.85 bits per heavy atom. The minimum atomic E-state index is -0.431. The lowest BCUT2D eigenvalue weighted by molar-refractivity contribution is -0.174. The molecule has 20 heavy (non-hydrogen) atoms. The number of nitrogens with zero attached hydrogens (tertiary/aromatic N) is 3. The third-order valence-corrected chi connectivity index (χ3v) is 4.44. The zero-order chi connectivity index (χ0) is 14.2. The highest BCUT2D eigenvalue weighted by atomic mass is 16.5. The molecule has 0 radical (unpaired) electrons. The van der Waals surface area contributed by atoms with Gasteiger partial charge in [0.15, 0.2) is 0 Å². The molecule has 0 saturated carbocycles. The molecule has 2 aliphatic heterocycles. The number of carbonyl (C=O) groups is 1. The van der Waals surface area contributed by atoms with Crippen molar-refractivity contribution in [2.45, 2.75) is 37.4 Å². The van der Waals surface area contributed by atoms with Crippen LogP contribution in [0.1, 0.15) is 36.2 Å². The number of rotatable bonds is 1. The Balaban J connectivity index is 1.65. The van der Waals surface area contributed by atoms with E-state index < -0.39 is 11.7 Å². The van der Waals surface area contributed by atoms with Gasteiger partial charge in [0.05, 0.1) is 18.0 Å². The van der Waals surface area contributed by atoms with Crippen LogP contribution in [-0.2, 0) is 11.8 Å². The Morgan fingerprint density at radius 1 is 1.50 bits per heavy atom. The van der Waals surface area contributed by atoms with Crippen LogP contribution < -0.4 is 0 Å². The van der Waals surface area contributed by atoms with E-state index in [1.807, 2.05) is 7.05 Å². The van der Waals surface area contributed by atoms with Crippen molar-refractivity contribution >= 4 is 5.91 Å².